The van der Waals surface area contributed by atoms with Crippen LogP contribution in [-0.4, -0.2) is 11.6 Å². The lowest BCUT2D eigenvalue weighted by atomic mass is 10.1. The predicted molar refractivity (Wildman–Crippen MR) is 110 cm³/mol. The number of ether oxygens (including phenoxy) is 1. The molecule has 0 unspecified atom stereocenters. The zero-order valence-electron chi connectivity index (χ0n) is 14.9. The normalized spacial score (nSPS) is 11.7. The Kier molecular flexibility index (Phi) is 6.74. The minimum Gasteiger partial charge on any atom is -0.867 e. The van der Waals surface area contributed by atoms with Crippen LogP contribution in [0.2, 0.25) is 5.02 Å². The minimum atomic E-state index is -2.91. The van der Waals surface area contributed by atoms with Crippen LogP contribution >= 0.6 is 23.8 Å². The highest BCUT2D eigenvalue weighted by molar-refractivity contribution is 7.81. The molecule has 0 aliphatic rings. The molecule has 0 bridgehead atoms. The van der Waals surface area contributed by atoms with Crippen LogP contribution in [0.1, 0.15) is 5.56 Å². The molecule has 0 radical (unpaired) electrons. The van der Waals surface area contributed by atoms with Crippen LogP contribution < -0.4 is 19.7 Å². The number of benzene rings is 2. The van der Waals surface area contributed by atoms with Gasteiger partial charge in [0.05, 0.1) is 0 Å². The molecule has 29 heavy (non-hydrogen) atoms. The molecule has 3 aromatic rings. The number of alkyl halides is 2. The van der Waals surface area contributed by atoms with E-state index in [-0.39, 0.29) is 22.2 Å². The van der Waals surface area contributed by atoms with Crippen LogP contribution in [0.15, 0.2) is 79.1 Å². The van der Waals surface area contributed by atoms with Gasteiger partial charge in [-0.15, -0.1) is 0 Å². The molecule has 0 aliphatic carbocycles. The highest BCUT2D eigenvalue weighted by atomic mass is 35.5. The van der Waals surface area contributed by atoms with Gasteiger partial charge in [0.1, 0.15) is 5.75 Å². The van der Waals surface area contributed by atoms with Crippen molar-refractivity contribution < 1.29 is 23.2 Å². The van der Waals surface area contributed by atoms with Gasteiger partial charge in [-0.1, -0.05) is 48.1 Å². The minimum absolute atomic E-state index is 0.0187. The Morgan fingerprint density at radius 1 is 1.00 bits per heavy atom. The van der Waals surface area contributed by atoms with Gasteiger partial charge in [-0.25, -0.2) is 0 Å². The highest BCUT2D eigenvalue weighted by Gasteiger charge is 2.19. The molecule has 4 nitrogen and oxygen atoms in total. The molecule has 8 heteroatoms. The first kappa shape index (κ1) is 20.7. The van der Waals surface area contributed by atoms with E-state index in [0.29, 0.717) is 16.3 Å². The Balaban J connectivity index is 1.96. The first-order valence-corrected chi connectivity index (χ1v) is 9.23. The van der Waals surface area contributed by atoms with E-state index in [2.05, 4.69) is 10.1 Å². The summed E-state index contributed by atoms with van der Waals surface area (Å²) in [6.45, 7) is -2.91. The van der Waals surface area contributed by atoms with E-state index in [0.717, 1.165) is 0 Å². The lowest BCUT2D eigenvalue weighted by molar-refractivity contribution is -0.577. The van der Waals surface area contributed by atoms with Gasteiger partial charge >= 0.3 is 6.61 Å². The Bertz CT molecular complexity index is 1030. The number of rotatable bonds is 6. The van der Waals surface area contributed by atoms with Crippen molar-refractivity contribution in [3.63, 3.8) is 0 Å². The van der Waals surface area contributed by atoms with E-state index in [1.54, 1.807) is 53.4 Å². The van der Waals surface area contributed by atoms with Crippen molar-refractivity contribution in [2.75, 3.05) is 5.32 Å². The number of nitrogens with zero attached hydrogens (tertiary/aromatic N) is 1. The number of hydrogen-bond acceptors (Lipinski definition) is 3. The smallest absolute Gasteiger partial charge is 0.387 e. The monoisotopic (exact) mass is 432 g/mol. The average Bonchev–Trinajstić information content (AvgIpc) is 2.70. The molecule has 1 aromatic heterocycles. The van der Waals surface area contributed by atoms with Crippen molar-refractivity contribution in [1.82, 2.24) is 0 Å². The van der Waals surface area contributed by atoms with Gasteiger partial charge in [-0.05, 0) is 41.7 Å². The molecule has 0 saturated carbocycles. The number of halogens is 3. The molecule has 148 valence electrons. The Morgan fingerprint density at radius 2 is 1.66 bits per heavy atom. The quantitative estimate of drug-likeness (QED) is 0.272. The van der Waals surface area contributed by atoms with Crippen molar-refractivity contribution in [3.8, 4) is 5.75 Å². The summed E-state index contributed by atoms with van der Waals surface area (Å²) in [4.78, 5) is 0.147. The predicted octanol–water partition coefficient (Wildman–Crippen LogP) is 4.35. The van der Waals surface area contributed by atoms with Gasteiger partial charge in [0, 0.05) is 22.8 Å². The molecular weight excluding hydrogens is 418 g/mol. The highest BCUT2D eigenvalue weighted by Crippen LogP contribution is 2.24. The number of anilines is 1. The Morgan fingerprint density at radius 3 is 2.28 bits per heavy atom. The molecule has 3 rings (SSSR count). The Hall–Kier alpha value is -3.03. The van der Waals surface area contributed by atoms with Gasteiger partial charge in [0.2, 0.25) is 5.70 Å². The van der Waals surface area contributed by atoms with E-state index >= 15 is 0 Å². The summed E-state index contributed by atoms with van der Waals surface area (Å²) < 4.78 is 30.5. The maximum Gasteiger partial charge on any atom is 0.387 e. The fraction of sp³-hybridized carbons (Fsp3) is 0.0476. The van der Waals surface area contributed by atoms with Crippen LogP contribution in [0.5, 0.6) is 5.75 Å². The van der Waals surface area contributed by atoms with Crippen LogP contribution in [0.3, 0.4) is 0 Å². The molecule has 0 spiro atoms. The van der Waals surface area contributed by atoms with E-state index in [9.17, 15) is 13.9 Å². The SMILES string of the molecule is [O-]C(=C(C(=S)Nc1ccc(OC(F)F)cc1)[n+]1ccccc1)c1ccccc1Cl. The second kappa shape index (κ2) is 9.45. The van der Waals surface area contributed by atoms with E-state index < -0.39 is 6.61 Å². The second-order valence-electron chi connectivity index (χ2n) is 5.80. The number of hydrogen-bond donors (Lipinski definition) is 1. The fourth-order valence-electron chi connectivity index (χ4n) is 2.57. The summed E-state index contributed by atoms with van der Waals surface area (Å²) >= 11 is 11.7. The van der Waals surface area contributed by atoms with E-state index in [4.69, 9.17) is 23.8 Å². The van der Waals surface area contributed by atoms with Crippen LogP contribution in [0, 0.1) is 0 Å². The zero-order chi connectivity index (χ0) is 20.8. The molecule has 2 aromatic carbocycles. The van der Waals surface area contributed by atoms with Crippen molar-refractivity contribution in [3.05, 3.63) is 89.7 Å². The largest absolute Gasteiger partial charge is 0.867 e. The third kappa shape index (κ3) is 5.28. The van der Waals surface area contributed by atoms with Gasteiger partial charge in [-0.2, -0.15) is 13.3 Å². The van der Waals surface area contributed by atoms with Crippen molar-refractivity contribution in [2.45, 2.75) is 6.61 Å². The topological polar surface area (TPSA) is 48.2 Å². The molecule has 0 aliphatic heterocycles. The first-order valence-electron chi connectivity index (χ1n) is 8.45. The molecular formula is C21H15ClF2N2O2S. The summed E-state index contributed by atoms with van der Waals surface area (Å²) in [6, 6.07) is 17.8. The third-order valence-electron chi connectivity index (χ3n) is 3.86. The molecule has 0 atom stereocenters. The van der Waals surface area contributed by atoms with Crippen LogP contribution in [0.25, 0.3) is 11.5 Å². The molecule has 0 fully saturated rings. The number of thiocarbonyl (C=S) groups is 1. The van der Waals surface area contributed by atoms with E-state index in [1.807, 2.05) is 6.07 Å². The third-order valence-corrected chi connectivity index (χ3v) is 4.48. The van der Waals surface area contributed by atoms with Crippen LogP contribution in [0.4, 0.5) is 14.5 Å². The zero-order valence-corrected chi connectivity index (χ0v) is 16.5. The van der Waals surface area contributed by atoms with Crippen molar-refractivity contribution in [2.24, 2.45) is 0 Å². The molecule has 0 amide bonds. The first-order chi connectivity index (χ1) is 14.0. The standard InChI is InChI=1S/C21H15ClF2N2O2S/c22-17-7-3-2-6-16(17)19(27)18(26-12-4-1-5-13-26)20(29)25-14-8-10-15(11-9-14)28-21(23)24/h1-13,21H,(H-,25,27,29). The number of pyridine rings is 1. The average molecular weight is 433 g/mol. The maximum atomic E-state index is 13.2. The molecule has 1 heterocycles. The Labute approximate surface area is 176 Å². The van der Waals surface area contributed by atoms with Gasteiger partial charge in [0.25, 0.3) is 0 Å². The molecule has 1 N–H and O–H groups in total. The van der Waals surface area contributed by atoms with Gasteiger partial charge in [-0.3, -0.25) is 0 Å². The lowest BCUT2D eigenvalue weighted by Gasteiger charge is -2.18. The number of nitrogens with one attached hydrogen (secondary N) is 1. The summed E-state index contributed by atoms with van der Waals surface area (Å²) in [7, 11) is 0. The summed E-state index contributed by atoms with van der Waals surface area (Å²) in [5.41, 5.74) is 1.02. The van der Waals surface area contributed by atoms with Gasteiger partial charge in [0.15, 0.2) is 17.4 Å². The summed E-state index contributed by atoms with van der Waals surface area (Å²) in [6.07, 6.45) is 3.38. The van der Waals surface area contributed by atoms with E-state index in [1.165, 1.54) is 24.3 Å². The number of aromatic nitrogens is 1. The molecule has 0 saturated heterocycles. The van der Waals surface area contributed by atoms with Crippen molar-refractivity contribution >= 4 is 46.0 Å². The fourth-order valence-corrected chi connectivity index (χ4v) is 3.11. The summed E-state index contributed by atoms with van der Waals surface area (Å²) in [5.74, 6) is -0.341. The second-order valence-corrected chi connectivity index (χ2v) is 6.61. The van der Waals surface area contributed by atoms with Crippen LogP contribution in [-0.2, 0) is 0 Å². The summed E-state index contributed by atoms with van der Waals surface area (Å²) in [5, 5.41) is 16.5. The lowest BCUT2D eigenvalue weighted by Crippen LogP contribution is -2.39. The maximum absolute atomic E-state index is 13.2. The van der Waals surface area contributed by atoms with Crippen molar-refractivity contribution in [1.29, 1.82) is 0 Å². The van der Waals surface area contributed by atoms with Gasteiger partial charge < -0.3 is 15.2 Å².